The van der Waals surface area contributed by atoms with E-state index in [1.165, 1.54) is 11.6 Å². The fourth-order valence-corrected chi connectivity index (χ4v) is 2.71. The number of rotatable bonds is 3. The smallest absolute Gasteiger partial charge is 0.341 e. The molecular formula is C22H27BrFNO2. The van der Waals surface area contributed by atoms with E-state index >= 15 is 0 Å². The Balaban J connectivity index is 0.000000305. The first-order valence-electron chi connectivity index (χ1n) is 9.25. The molecule has 0 bridgehead atoms. The van der Waals surface area contributed by atoms with Crippen molar-refractivity contribution in [1.29, 1.82) is 0 Å². The quantitative estimate of drug-likeness (QED) is 0.500. The van der Waals surface area contributed by atoms with E-state index in [2.05, 4.69) is 27.0 Å². The van der Waals surface area contributed by atoms with Crippen molar-refractivity contribution < 1.29 is 13.9 Å². The Hall–Kier alpha value is -2.01. The third kappa shape index (κ3) is 7.63. The number of nitrogens with zero attached hydrogens (tertiary/aromatic N) is 1. The van der Waals surface area contributed by atoms with Crippen molar-refractivity contribution in [3.8, 4) is 0 Å². The minimum absolute atomic E-state index is 0.0251. The van der Waals surface area contributed by atoms with Gasteiger partial charge in [-0.15, -0.1) is 0 Å². The Morgan fingerprint density at radius 3 is 2.52 bits per heavy atom. The summed E-state index contributed by atoms with van der Waals surface area (Å²) in [6.45, 7) is 7.93. The second kappa shape index (κ2) is 12.4. The lowest BCUT2D eigenvalue weighted by molar-refractivity contribution is 0.0521. The molecule has 2 aromatic rings. The molecule has 5 heteroatoms. The Morgan fingerprint density at radius 2 is 2.00 bits per heavy atom. The topological polar surface area (TPSA) is 39.2 Å². The minimum atomic E-state index is -0.592. The third-order valence-electron chi connectivity index (χ3n) is 3.75. The van der Waals surface area contributed by atoms with Gasteiger partial charge in [-0.1, -0.05) is 26.0 Å². The van der Waals surface area contributed by atoms with E-state index in [0.717, 1.165) is 35.0 Å². The Labute approximate surface area is 169 Å². The first-order valence-corrected chi connectivity index (χ1v) is 10.0. The number of carbonyl (C=O) groups is 1. The predicted octanol–water partition coefficient (Wildman–Crippen LogP) is 6.75. The molecule has 0 spiro atoms. The summed E-state index contributed by atoms with van der Waals surface area (Å²) in [5.41, 5.74) is 3.19. The van der Waals surface area contributed by atoms with E-state index in [1.54, 1.807) is 25.3 Å². The zero-order valence-electron chi connectivity index (χ0n) is 16.4. The van der Waals surface area contributed by atoms with Gasteiger partial charge in [0.2, 0.25) is 0 Å². The molecule has 0 aliphatic heterocycles. The number of hydrogen-bond acceptors (Lipinski definition) is 3. The van der Waals surface area contributed by atoms with Crippen LogP contribution >= 0.6 is 15.9 Å². The van der Waals surface area contributed by atoms with Crippen LogP contribution in [-0.4, -0.2) is 17.6 Å². The molecule has 1 aliphatic rings. The maximum Gasteiger partial charge on any atom is 0.341 e. The van der Waals surface area contributed by atoms with E-state index < -0.39 is 11.8 Å². The van der Waals surface area contributed by atoms with Crippen LogP contribution < -0.4 is 0 Å². The molecule has 0 amide bonds. The largest absolute Gasteiger partial charge is 0.462 e. The zero-order valence-corrected chi connectivity index (χ0v) is 18.0. The van der Waals surface area contributed by atoms with Crippen LogP contribution in [0, 0.1) is 12.7 Å². The van der Waals surface area contributed by atoms with Crippen molar-refractivity contribution in [2.75, 3.05) is 6.61 Å². The van der Waals surface area contributed by atoms with Gasteiger partial charge < -0.3 is 4.74 Å². The van der Waals surface area contributed by atoms with Crippen molar-refractivity contribution in [3.05, 3.63) is 69.7 Å². The van der Waals surface area contributed by atoms with Gasteiger partial charge >= 0.3 is 5.97 Å². The van der Waals surface area contributed by atoms with Gasteiger partial charge in [0.15, 0.2) is 0 Å². The van der Waals surface area contributed by atoms with Crippen LogP contribution in [-0.2, 0) is 4.74 Å². The molecule has 0 atom stereocenters. The number of hydrogen-bond donors (Lipinski definition) is 0. The molecule has 1 aliphatic carbocycles. The predicted molar refractivity (Wildman–Crippen MR) is 112 cm³/mol. The summed E-state index contributed by atoms with van der Waals surface area (Å²) >= 11 is 3.28. The summed E-state index contributed by atoms with van der Waals surface area (Å²) in [7, 11) is 0. The maximum absolute atomic E-state index is 13.5. The van der Waals surface area contributed by atoms with E-state index in [4.69, 9.17) is 4.74 Å². The number of aromatic nitrogens is 1. The fourth-order valence-electron chi connectivity index (χ4n) is 2.47. The fraction of sp³-hybridized carbons (Fsp3) is 0.364. The van der Waals surface area contributed by atoms with Crippen LogP contribution in [0.3, 0.4) is 0 Å². The highest BCUT2D eigenvalue weighted by atomic mass is 79.9. The number of aryl methyl sites for hydroxylation is 1. The molecule has 0 N–H and O–H groups in total. The third-order valence-corrected chi connectivity index (χ3v) is 4.22. The van der Waals surface area contributed by atoms with Crippen LogP contribution in [0.15, 0.2) is 47.1 Å². The highest BCUT2D eigenvalue weighted by Gasteiger charge is 2.15. The average Bonchev–Trinajstić information content (AvgIpc) is 3.22. The van der Waals surface area contributed by atoms with Crippen LogP contribution in [0.1, 0.15) is 61.6 Å². The Bertz CT molecular complexity index is 736. The molecule has 27 heavy (non-hydrogen) atoms. The summed E-state index contributed by atoms with van der Waals surface area (Å²) in [4.78, 5) is 15.6. The lowest BCUT2D eigenvalue weighted by atomic mass is 10.0. The number of ether oxygens (including phenoxy) is 1. The van der Waals surface area contributed by atoms with E-state index in [0.29, 0.717) is 0 Å². The number of esters is 1. The van der Waals surface area contributed by atoms with Crippen molar-refractivity contribution >= 4 is 27.5 Å². The minimum Gasteiger partial charge on any atom is -0.462 e. The SMILES string of the molecule is CC.CCOC(=O)c1cc(C2=CCCC2)ccc1F.Cc1ccc(Br)cn1. The van der Waals surface area contributed by atoms with Gasteiger partial charge in [-0.25, -0.2) is 9.18 Å². The van der Waals surface area contributed by atoms with Gasteiger partial charge in [0.1, 0.15) is 5.82 Å². The summed E-state index contributed by atoms with van der Waals surface area (Å²) in [6, 6.07) is 8.58. The van der Waals surface area contributed by atoms with Gasteiger partial charge in [0, 0.05) is 16.4 Å². The van der Waals surface area contributed by atoms with Crippen molar-refractivity contribution in [2.24, 2.45) is 0 Å². The molecule has 1 aromatic carbocycles. The zero-order chi connectivity index (χ0) is 20.2. The van der Waals surface area contributed by atoms with E-state index in [1.807, 2.05) is 32.9 Å². The highest BCUT2D eigenvalue weighted by molar-refractivity contribution is 9.10. The Kier molecular flexibility index (Phi) is 10.6. The van der Waals surface area contributed by atoms with Gasteiger partial charge in [0.05, 0.1) is 12.2 Å². The number of halogens is 2. The van der Waals surface area contributed by atoms with Gasteiger partial charge in [-0.3, -0.25) is 4.98 Å². The first kappa shape index (κ1) is 23.0. The molecule has 1 aromatic heterocycles. The lowest BCUT2D eigenvalue weighted by Gasteiger charge is -2.07. The average molecular weight is 436 g/mol. The number of pyridine rings is 1. The molecule has 1 heterocycles. The monoisotopic (exact) mass is 435 g/mol. The van der Waals surface area contributed by atoms with Crippen molar-refractivity contribution in [3.63, 3.8) is 0 Å². The number of benzene rings is 1. The van der Waals surface area contributed by atoms with E-state index in [9.17, 15) is 9.18 Å². The second-order valence-corrected chi connectivity index (χ2v) is 6.57. The first-order chi connectivity index (χ1) is 13.0. The molecule has 146 valence electrons. The molecule has 0 radical (unpaired) electrons. The molecular weight excluding hydrogens is 409 g/mol. The van der Waals surface area contributed by atoms with Gasteiger partial charge in [-0.2, -0.15) is 0 Å². The molecule has 0 saturated heterocycles. The van der Waals surface area contributed by atoms with Crippen LogP contribution in [0.4, 0.5) is 4.39 Å². The second-order valence-electron chi connectivity index (χ2n) is 5.65. The summed E-state index contributed by atoms with van der Waals surface area (Å²) in [5.74, 6) is -1.11. The molecule has 0 fully saturated rings. The Morgan fingerprint density at radius 1 is 1.26 bits per heavy atom. The highest BCUT2D eigenvalue weighted by Crippen LogP contribution is 2.28. The van der Waals surface area contributed by atoms with E-state index in [-0.39, 0.29) is 12.2 Å². The normalized spacial score (nSPS) is 12.1. The molecule has 3 nitrogen and oxygen atoms in total. The molecule has 0 saturated carbocycles. The molecule has 3 rings (SSSR count). The van der Waals surface area contributed by atoms with Crippen LogP contribution in [0.25, 0.3) is 5.57 Å². The number of carbonyl (C=O) groups excluding carboxylic acids is 1. The van der Waals surface area contributed by atoms with Crippen molar-refractivity contribution in [1.82, 2.24) is 4.98 Å². The van der Waals surface area contributed by atoms with Crippen LogP contribution in [0.5, 0.6) is 0 Å². The lowest BCUT2D eigenvalue weighted by Crippen LogP contribution is -2.07. The standard InChI is InChI=1S/C14H15FO2.C6H6BrN.C2H6/c1-2-17-14(16)12-9-11(7-8-13(12)15)10-5-3-4-6-10;1-5-2-3-6(7)4-8-5;1-2/h5,7-9H,2-4,6H2,1H3;2-4H,1H3;1-2H3. The summed E-state index contributed by atoms with van der Waals surface area (Å²) in [5, 5.41) is 0. The van der Waals surface area contributed by atoms with Gasteiger partial charge in [0.25, 0.3) is 0 Å². The van der Waals surface area contributed by atoms with Gasteiger partial charge in [-0.05, 0) is 84.4 Å². The maximum atomic E-state index is 13.5. The summed E-state index contributed by atoms with van der Waals surface area (Å²) < 4.78 is 19.4. The van der Waals surface area contributed by atoms with Crippen molar-refractivity contribution in [2.45, 2.75) is 47.0 Å². The van der Waals surface area contributed by atoms with Crippen LogP contribution in [0.2, 0.25) is 0 Å². The molecule has 0 unspecified atom stereocenters. The summed E-state index contributed by atoms with van der Waals surface area (Å²) in [6.07, 6.45) is 7.11. The number of allylic oxidation sites excluding steroid dienone is 2.